The Balaban J connectivity index is 2.02. The smallest absolute Gasteiger partial charge is 0.163 e. The summed E-state index contributed by atoms with van der Waals surface area (Å²) in [5.74, 6) is 1.42. The molecule has 0 aliphatic rings. The van der Waals surface area contributed by atoms with Gasteiger partial charge in [0.05, 0.1) is 29.8 Å². The summed E-state index contributed by atoms with van der Waals surface area (Å²) >= 11 is 3.59. The molecule has 0 bridgehead atoms. The summed E-state index contributed by atoms with van der Waals surface area (Å²) in [6.45, 7) is 8.21. The van der Waals surface area contributed by atoms with Crippen molar-refractivity contribution in [1.29, 1.82) is 0 Å². The maximum absolute atomic E-state index is 5.77. The number of nitrogens with zero attached hydrogens (tertiary/aromatic N) is 3. The highest BCUT2D eigenvalue weighted by molar-refractivity contribution is 9.10. The molecule has 6 heteroatoms. The van der Waals surface area contributed by atoms with Crippen molar-refractivity contribution in [3.8, 4) is 11.5 Å². The monoisotopic (exact) mass is 441 g/mol. The summed E-state index contributed by atoms with van der Waals surface area (Å²) in [7, 11) is 0. The van der Waals surface area contributed by atoms with Crippen LogP contribution in [0.15, 0.2) is 34.8 Å². The molecule has 0 fully saturated rings. The van der Waals surface area contributed by atoms with E-state index in [0.29, 0.717) is 24.7 Å². The third kappa shape index (κ3) is 3.30. The van der Waals surface area contributed by atoms with E-state index < -0.39 is 0 Å². The molecule has 5 nitrogen and oxygen atoms in total. The lowest BCUT2D eigenvalue weighted by Crippen LogP contribution is -2.01. The fourth-order valence-corrected chi connectivity index (χ4v) is 3.91. The maximum Gasteiger partial charge on any atom is 0.163 e. The van der Waals surface area contributed by atoms with E-state index >= 15 is 0 Å². The van der Waals surface area contributed by atoms with Gasteiger partial charge in [0.2, 0.25) is 0 Å². The molecule has 2 heterocycles. The third-order valence-corrected chi connectivity index (χ3v) is 5.30. The molecule has 0 amide bonds. The van der Waals surface area contributed by atoms with E-state index in [1.165, 1.54) is 0 Å². The molecule has 0 aliphatic heterocycles. The van der Waals surface area contributed by atoms with Crippen LogP contribution in [0.4, 0.5) is 0 Å². The van der Waals surface area contributed by atoms with Crippen LogP contribution in [0.25, 0.3) is 33.1 Å². The SMILES string of the molecule is CCCCn1c2ccc(Br)cc2c2nc3cc(OCC)c(OCC)cc3nc21. The van der Waals surface area contributed by atoms with Crippen LogP contribution in [-0.2, 0) is 6.54 Å². The van der Waals surface area contributed by atoms with Crippen molar-refractivity contribution in [2.75, 3.05) is 13.2 Å². The summed E-state index contributed by atoms with van der Waals surface area (Å²) in [5, 5.41) is 1.11. The van der Waals surface area contributed by atoms with Crippen LogP contribution >= 0.6 is 15.9 Å². The number of rotatable bonds is 7. The van der Waals surface area contributed by atoms with Crippen molar-refractivity contribution < 1.29 is 9.47 Å². The number of hydrogen-bond donors (Lipinski definition) is 0. The fraction of sp³-hybridized carbons (Fsp3) is 0.364. The molecule has 2 aromatic carbocycles. The number of aromatic nitrogens is 3. The van der Waals surface area contributed by atoms with Gasteiger partial charge in [0, 0.05) is 28.5 Å². The fourth-order valence-electron chi connectivity index (χ4n) is 3.55. The van der Waals surface area contributed by atoms with Crippen LogP contribution in [0.3, 0.4) is 0 Å². The first-order valence-electron chi connectivity index (χ1n) is 9.85. The standard InChI is InChI=1S/C22H24BrN3O2/c1-4-7-10-26-18-9-8-14(23)11-15(18)21-22(26)25-17-13-20(28-6-3)19(27-5-2)12-16(17)24-21/h8-9,11-13H,4-7,10H2,1-3H3. The molecule has 0 saturated carbocycles. The molecule has 0 unspecified atom stereocenters. The second-order valence-corrected chi connectivity index (χ2v) is 7.63. The van der Waals surface area contributed by atoms with Gasteiger partial charge >= 0.3 is 0 Å². The van der Waals surface area contributed by atoms with E-state index in [4.69, 9.17) is 19.4 Å². The van der Waals surface area contributed by atoms with Gasteiger partial charge in [-0.25, -0.2) is 9.97 Å². The van der Waals surface area contributed by atoms with E-state index in [-0.39, 0.29) is 0 Å². The van der Waals surface area contributed by atoms with E-state index in [1.54, 1.807) is 0 Å². The molecule has 0 atom stereocenters. The number of fused-ring (bicyclic) bond motifs is 4. The van der Waals surface area contributed by atoms with Crippen molar-refractivity contribution in [1.82, 2.24) is 14.5 Å². The number of unbranched alkanes of at least 4 members (excludes halogenated alkanes) is 1. The average molecular weight is 442 g/mol. The molecule has 4 aromatic rings. The molecule has 0 aliphatic carbocycles. The minimum atomic E-state index is 0.574. The molecule has 0 saturated heterocycles. The maximum atomic E-state index is 5.77. The second-order valence-electron chi connectivity index (χ2n) is 6.72. The van der Waals surface area contributed by atoms with Crippen LogP contribution < -0.4 is 9.47 Å². The highest BCUT2D eigenvalue weighted by atomic mass is 79.9. The molecule has 2 aromatic heterocycles. The van der Waals surface area contributed by atoms with Gasteiger partial charge in [-0.15, -0.1) is 0 Å². The summed E-state index contributed by atoms with van der Waals surface area (Å²) in [6.07, 6.45) is 2.23. The van der Waals surface area contributed by atoms with E-state index in [9.17, 15) is 0 Å². The highest BCUT2D eigenvalue weighted by Crippen LogP contribution is 2.35. The number of hydrogen-bond acceptors (Lipinski definition) is 4. The average Bonchev–Trinajstić information content (AvgIpc) is 2.97. The van der Waals surface area contributed by atoms with Gasteiger partial charge in [0.25, 0.3) is 0 Å². The van der Waals surface area contributed by atoms with Gasteiger partial charge < -0.3 is 14.0 Å². The highest BCUT2D eigenvalue weighted by Gasteiger charge is 2.17. The first-order chi connectivity index (χ1) is 13.7. The first-order valence-corrected chi connectivity index (χ1v) is 10.6. The molecule has 4 rings (SSSR count). The van der Waals surface area contributed by atoms with Gasteiger partial charge in [0.1, 0.15) is 5.52 Å². The zero-order valence-electron chi connectivity index (χ0n) is 16.5. The number of halogens is 1. The summed E-state index contributed by atoms with van der Waals surface area (Å²) in [6, 6.07) is 10.2. The van der Waals surface area contributed by atoms with Gasteiger partial charge in [-0.1, -0.05) is 29.3 Å². The molecule has 28 heavy (non-hydrogen) atoms. The van der Waals surface area contributed by atoms with Gasteiger partial charge in [-0.2, -0.15) is 0 Å². The predicted octanol–water partition coefficient (Wildman–Crippen LogP) is 6.10. The lowest BCUT2D eigenvalue weighted by atomic mass is 10.2. The molecule has 146 valence electrons. The van der Waals surface area contributed by atoms with Crippen LogP contribution in [0, 0.1) is 0 Å². The van der Waals surface area contributed by atoms with Gasteiger partial charge in [-0.05, 0) is 38.5 Å². The van der Waals surface area contributed by atoms with Crippen LogP contribution in [0.5, 0.6) is 11.5 Å². The zero-order chi connectivity index (χ0) is 19.7. The molecular formula is C22H24BrN3O2. The van der Waals surface area contributed by atoms with Crippen molar-refractivity contribution >= 4 is 49.0 Å². The van der Waals surface area contributed by atoms with Crippen LogP contribution in [0.1, 0.15) is 33.6 Å². The van der Waals surface area contributed by atoms with Crippen LogP contribution in [-0.4, -0.2) is 27.7 Å². The lowest BCUT2D eigenvalue weighted by Gasteiger charge is -2.12. The molecule has 0 radical (unpaired) electrons. The normalized spacial score (nSPS) is 11.6. The Morgan fingerprint density at radius 2 is 1.61 bits per heavy atom. The number of ether oxygens (including phenoxy) is 2. The quantitative estimate of drug-likeness (QED) is 0.347. The van der Waals surface area contributed by atoms with Crippen molar-refractivity contribution in [2.24, 2.45) is 0 Å². The Hall–Kier alpha value is -2.34. The number of benzene rings is 2. The minimum absolute atomic E-state index is 0.574. The number of aryl methyl sites for hydroxylation is 1. The Bertz CT molecular complexity index is 1150. The van der Waals surface area contributed by atoms with Crippen molar-refractivity contribution in [3.05, 3.63) is 34.8 Å². The van der Waals surface area contributed by atoms with E-state index in [0.717, 1.165) is 57.0 Å². The summed E-state index contributed by atoms with van der Waals surface area (Å²) < 4.78 is 14.9. The lowest BCUT2D eigenvalue weighted by molar-refractivity contribution is 0.288. The second kappa shape index (κ2) is 7.95. The Morgan fingerprint density at radius 1 is 0.929 bits per heavy atom. The predicted molar refractivity (Wildman–Crippen MR) is 117 cm³/mol. The largest absolute Gasteiger partial charge is 0.490 e. The van der Waals surface area contributed by atoms with Crippen molar-refractivity contribution in [2.45, 2.75) is 40.2 Å². The van der Waals surface area contributed by atoms with Gasteiger partial charge in [-0.3, -0.25) is 0 Å². The molecule has 0 N–H and O–H groups in total. The van der Waals surface area contributed by atoms with E-state index in [1.807, 2.05) is 26.0 Å². The molecule has 0 spiro atoms. The first kappa shape index (κ1) is 19.0. The van der Waals surface area contributed by atoms with E-state index in [2.05, 4.69) is 45.6 Å². The Labute approximate surface area is 172 Å². The summed E-state index contributed by atoms with van der Waals surface area (Å²) in [5.41, 5.74) is 4.64. The topological polar surface area (TPSA) is 49.2 Å². The van der Waals surface area contributed by atoms with Crippen molar-refractivity contribution in [3.63, 3.8) is 0 Å². The Morgan fingerprint density at radius 3 is 2.25 bits per heavy atom. The van der Waals surface area contributed by atoms with Crippen LogP contribution in [0.2, 0.25) is 0 Å². The summed E-state index contributed by atoms with van der Waals surface area (Å²) in [4.78, 5) is 9.97. The van der Waals surface area contributed by atoms with Gasteiger partial charge in [0.15, 0.2) is 17.1 Å². The Kier molecular flexibility index (Phi) is 5.40. The zero-order valence-corrected chi connectivity index (χ0v) is 18.0. The molecular weight excluding hydrogens is 418 g/mol. The minimum Gasteiger partial charge on any atom is -0.490 e. The third-order valence-electron chi connectivity index (χ3n) is 4.81.